The number of likely N-dealkylation sites (tertiary alicyclic amines) is 1. The van der Waals surface area contributed by atoms with Crippen molar-refractivity contribution in [3.05, 3.63) is 11.6 Å². The Bertz CT molecular complexity index is 392. The van der Waals surface area contributed by atoms with Gasteiger partial charge in [0.2, 0.25) is 0 Å². The summed E-state index contributed by atoms with van der Waals surface area (Å²) >= 11 is 0. The first-order valence-corrected chi connectivity index (χ1v) is 6.97. The van der Waals surface area contributed by atoms with Crippen molar-refractivity contribution in [3.63, 3.8) is 0 Å². The van der Waals surface area contributed by atoms with Gasteiger partial charge in [0.15, 0.2) is 0 Å². The maximum absolute atomic E-state index is 12.4. The van der Waals surface area contributed by atoms with Crippen LogP contribution >= 0.6 is 0 Å². The highest BCUT2D eigenvalue weighted by molar-refractivity contribution is 5.75. The minimum Gasteiger partial charge on any atom is -0.481 e. The van der Waals surface area contributed by atoms with Gasteiger partial charge in [-0.05, 0) is 32.1 Å². The van der Waals surface area contributed by atoms with Gasteiger partial charge in [0.1, 0.15) is 0 Å². The fraction of sp³-hybridized carbons (Fsp3) is 0.714. The number of nitrogens with zero attached hydrogens (tertiary/aromatic N) is 2. The molecular weight excluding hydrogens is 244 g/mol. The summed E-state index contributed by atoms with van der Waals surface area (Å²) in [6, 6.07) is 0.0718. The predicted octanol–water partition coefficient (Wildman–Crippen LogP) is 1.95. The standard InChI is InChI=1S/C14H22N2O3/c1-11-4-2-6-15(9-11)14(19)16-7-3-5-12(10-16)8-13(17)18/h4,12H,2-3,5-10H2,1H3,(H,17,18). The van der Waals surface area contributed by atoms with E-state index in [1.54, 1.807) is 0 Å². The van der Waals surface area contributed by atoms with Crippen LogP contribution in [0.5, 0.6) is 0 Å². The van der Waals surface area contributed by atoms with E-state index in [9.17, 15) is 9.59 Å². The first-order chi connectivity index (χ1) is 9.06. The molecule has 0 aromatic carbocycles. The van der Waals surface area contributed by atoms with Gasteiger partial charge in [-0.25, -0.2) is 4.79 Å². The average Bonchev–Trinajstić information content (AvgIpc) is 2.37. The van der Waals surface area contributed by atoms with Crippen LogP contribution in [0.25, 0.3) is 0 Å². The van der Waals surface area contributed by atoms with Crippen LogP contribution in [0.4, 0.5) is 4.79 Å². The van der Waals surface area contributed by atoms with Crippen LogP contribution in [0.2, 0.25) is 0 Å². The van der Waals surface area contributed by atoms with E-state index in [4.69, 9.17) is 5.11 Å². The van der Waals surface area contributed by atoms with Crippen molar-refractivity contribution in [2.75, 3.05) is 26.2 Å². The number of rotatable bonds is 2. The molecule has 1 atom stereocenters. The maximum atomic E-state index is 12.4. The number of carbonyl (C=O) groups excluding carboxylic acids is 1. The van der Waals surface area contributed by atoms with Crippen LogP contribution in [0.1, 0.15) is 32.6 Å². The van der Waals surface area contributed by atoms with Gasteiger partial charge in [-0.15, -0.1) is 0 Å². The number of hydrogen-bond donors (Lipinski definition) is 1. The molecular formula is C14H22N2O3. The van der Waals surface area contributed by atoms with Crippen molar-refractivity contribution in [1.29, 1.82) is 0 Å². The number of carboxylic acid groups (broad SMARTS) is 1. The second-order valence-corrected chi connectivity index (χ2v) is 5.60. The second-order valence-electron chi connectivity index (χ2n) is 5.60. The molecule has 2 aliphatic heterocycles. The van der Waals surface area contributed by atoms with Crippen LogP contribution in [0.3, 0.4) is 0 Å². The first-order valence-electron chi connectivity index (χ1n) is 6.97. The largest absolute Gasteiger partial charge is 0.481 e. The van der Waals surface area contributed by atoms with Crippen LogP contribution in [0, 0.1) is 5.92 Å². The first kappa shape index (κ1) is 13.9. The summed E-state index contributed by atoms with van der Waals surface area (Å²) in [4.78, 5) is 26.9. The minimum absolute atomic E-state index is 0.0718. The molecule has 1 saturated heterocycles. The van der Waals surface area contributed by atoms with Gasteiger partial charge in [0.25, 0.3) is 0 Å². The van der Waals surface area contributed by atoms with Crippen molar-refractivity contribution in [2.24, 2.45) is 5.92 Å². The molecule has 2 rings (SSSR count). The Hall–Kier alpha value is -1.52. The second kappa shape index (κ2) is 6.08. The zero-order valence-electron chi connectivity index (χ0n) is 11.5. The highest BCUT2D eigenvalue weighted by Gasteiger charge is 2.28. The summed E-state index contributed by atoms with van der Waals surface area (Å²) in [5, 5.41) is 8.85. The molecule has 0 saturated carbocycles. The SMILES string of the molecule is CC1=CCCN(C(=O)N2CCCC(CC(=O)O)C2)C1. The molecule has 5 heteroatoms. The third-order valence-corrected chi connectivity index (χ3v) is 3.86. The highest BCUT2D eigenvalue weighted by Crippen LogP contribution is 2.21. The highest BCUT2D eigenvalue weighted by atomic mass is 16.4. The number of piperidine rings is 1. The summed E-state index contributed by atoms with van der Waals surface area (Å²) in [7, 11) is 0. The van der Waals surface area contributed by atoms with E-state index in [2.05, 4.69) is 6.08 Å². The molecule has 0 aromatic heterocycles. The summed E-state index contributed by atoms with van der Waals surface area (Å²) in [6.45, 7) is 4.87. The van der Waals surface area contributed by atoms with Crippen LogP contribution in [0.15, 0.2) is 11.6 Å². The molecule has 2 heterocycles. The van der Waals surface area contributed by atoms with E-state index in [1.165, 1.54) is 5.57 Å². The third-order valence-electron chi connectivity index (χ3n) is 3.86. The van der Waals surface area contributed by atoms with Gasteiger partial charge in [-0.1, -0.05) is 11.6 Å². The van der Waals surface area contributed by atoms with Crippen molar-refractivity contribution in [1.82, 2.24) is 9.80 Å². The van der Waals surface area contributed by atoms with E-state index in [0.717, 1.165) is 32.4 Å². The van der Waals surface area contributed by atoms with Gasteiger partial charge in [0.05, 0.1) is 0 Å². The Morgan fingerprint density at radius 3 is 2.84 bits per heavy atom. The van der Waals surface area contributed by atoms with E-state index in [0.29, 0.717) is 13.1 Å². The van der Waals surface area contributed by atoms with Gasteiger partial charge in [-0.2, -0.15) is 0 Å². The van der Waals surface area contributed by atoms with Crippen LogP contribution in [-0.2, 0) is 4.79 Å². The average molecular weight is 266 g/mol. The number of urea groups is 1. The third kappa shape index (κ3) is 3.72. The summed E-state index contributed by atoms with van der Waals surface area (Å²) in [5.41, 5.74) is 1.23. The molecule has 1 N–H and O–H groups in total. The molecule has 2 aliphatic rings. The zero-order valence-corrected chi connectivity index (χ0v) is 11.5. The lowest BCUT2D eigenvalue weighted by Crippen LogP contribution is -2.49. The zero-order chi connectivity index (χ0) is 13.8. The quantitative estimate of drug-likeness (QED) is 0.777. The van der Waals surface area contributed by atoms with Crippen molar-refractivity contribution >= 4 is 12.0 Å². The van der Waals surface area contributed by atoms with E-state index < -0.39 is 5.97 Å². The fourth-order valence-electron chi connectivity index (χ4n) is 2.93. The Balaban J connectivity index is 1.91. The molecule has 19 heavy (non-hydrogen) atoms. The van der Waals surface area contributed by atoms with E-state index >= 15 is 0 Å². The molecule has 1 fully saturated rings. The predicted molar refractivity (Wildman–Crippen MR) is 71.9 cm³/mol. The number of carboxylic acids is 1. The van der Waals surface area contributed by atoms with Crippen molar-refractivity contribution in [2.45, 2.75) is 32.6 Å². The summed E-state index contributed by atoms with van der Waals surface area (Å²) in [6.07, 6.45) is 5.08. The Kier molecular flexibility index (Phi) is 4.45. The Labute approximate surface area is 113 Å². The summed E-state index contributed by atoms with van der Waals surface area (Å²) < 4.78 is 0. The van der Waals surface area contributed by atoms with E-state index in [1.807, 2.05) is 16.7 Å². The number of aliphatic carboxylic acids is 1. The van der Waals surface area contributed by atoms with Crippen LogP contribution < -0.4 is 0 Å². The molecule has 106 valence electrons. The molecule has 5 nitrogen and oxygen atoms in total. The molecule has 1 unspecified atom stereocenters. The lowest BCUT2D eigenvalue weighted by atomic mass is 9.95. The monoisotopic (exact) mass is 266 g/mol. The van der Waals surface area contributed by atoms with E-state index in [-0.39, 0.29) is 18.4 Å². The molecule has 0 bridgehead atoms. The Morgan fingerprint density at radius 1 is 1.37 bits per heavy atom. The topological polar surface area (TPSA) is 60.9 Å². The summed E-state index contributed by atoms with van der Waals surface area (Å²) in [5.74, 6) is -0.660. The van der Waals surface area contributed by atoms with Crippen molar-refractivity contribution in [3.8, 4) is 0 Å². The molecule has 0 spiro atoms. The minimum atomic E-state index is -0.768. The molecule has 0 aliphatic carbocycles. The van der Waals surface area contributed by atoms with Gasteiger partial charge >= 0.3 is 12.0 Å². The number of hydrogen-bond acceptors (Lipinski definition) is 2. The molecule has 2 amide bonds. The Morgan fingerprint density at radius 2 is 2.16 bits per heavy atom. The lowest BCUT2D eigenvalue weighted by Gasteiger charge is -2.37. The normalized spacial score (nSPS) is 24.1. The fourth-order valence-corrected chi connectivity index (χ4v) is 2.93. The van der Waals surface area contributed by atoms with Crippen LogP contribution in [-0.4, -0.2) is 53.1 Å². The van der Waals surface area contributed by atoms with Gasteiger partial charge in [0, 0.05) is 32.6 Å². The van der Waals surface area contributed by atoms with Gasteiger partial charge < -0.3 is 14.9 Å². The molecule has 0 aromatic rings. The number of amides is 2. The maximum Gasteiger partial charge on any atom is 0.320 e. The van der Waals surface area contributed by atoms with Crippen molar-refractivity contribution < 1.29 is 14.7 Å². The number of carbonyl (C=O) groups is 2. The molecule has 0 radical (unpaired) electrons. The smallest absolute Gasteiger partial charge is 0.320 e. The lowest BCUT2D eigenvalue weighted by molar-refractivity contribution is -0.138. The van der Waals surface area contributed by atoms with Gasteiger partial charge in [-0.3, -0.25) is 4.79 Å².